The summed E-state index contributed by atoms with van der Waals surface area (Å²) in [5, 5.41) is 3.28. The van der Waals surface area contributed by atoms with Crippen LogP contribution in [0.25, 0.3) is 0 Å². The van der Waals surface area contributed by atoms with Gasteiger partial charge in [0.25, 0.3) is 11.8 Å². The summed E-state index contributed by atoms with van der Waals surface area (Å²) >= 11 is 4.71. The van der Waals surface area contributed by atoms with E-state index in [-0.39, 0.29) is 5.91 Å². The van der Waals surface area contributed by atoms with Crippen molar-refractivity contribution in [1.29, 1.82) is 0 Å². The summed E-state index contributed by atoms with van der Waals surface area (Å²) < 4.78 is 6.28. The average molecular weight is 411 g/mol. The van der Waals surface area contributed by atoms with Crippen LogP contribution < -0.4 is 15.8 Å². The molecule has 0 unspecified atom stereocenters. The Labute approximate surface area is 153 Å². The van der Waals surface area contributed by atoms with Crippen LogP contribution in [-0.4, -0.2) is 18.4 Å². The predicted octanol–water partition coefficient (Wildman–Crippen LogP) is 4.13. The van der Waals surface area contributed by atoms with Crippen molar-refractivity contribution in [3.63, 3.8) is 0 Å². The molecule has 0 saturated heterocycles. The Kier molecular flexibility index (Phi) is 6.01. The van der Waals surface area contributed by atoms with Crippen molar-refractivity contribution in [1.82, 2.24) is 0 Å². The van der Waals surface area contributed by atoms with Gasteiger partial charge in [0.15, 0.2) is 0 Å². The minimum Gasteiger partial charge on any atom is -0.493 e. The van der Waals surface area contributed by atoms with Crippen LogP contribution in [0.1, 0.15) is 45.0 Å². The SMILES string of the molecule is CCOc1ccc(Br)cc1C(=O)Nc1sc(C)c(CC)c1C(N)=O. The Balaban J connectivity index is 2.41. The van der Waals surface area contributed by atoms with Crippen molar-refractivity contribution in [2.75, 3.05) is 11.9 Å². The van der Waals surface area contributed by atoms with Gasteiger partial charge >= 0.3 is 0 Å². The van der Waals surface area contributed by atoms with E-state index in [9.17, 15) is 9.59 Å². The standard InChI is InChI=1S/C17H19BrN2O3S/c1-4-11-9(3)24-17(14(11)15(19)21)20-16(22)12-8-10(18)6-7-13(12)23-5-2/h6-8H,4-5H2,1-3H3,(H2,19,21)(H,20,22). The van der Waals surface area contributed by atoms with Gasteiger partial charge in [0.05, 0.1) is 17.7 Å². The number of amides is 2. The fourth-order valence-electron chi connectivity index (χ4n) is 2.48. The molecule has 0 saturated carbocycles. The second kappa shape index (κ2) is 7.81. The summed E-state index contributed by atoms with van der Waals surface area (Å²) in [4.78, 5) is 25.5. The zero-order chi connectivity index (χ0) is 17.9. The number of thiophene rings is 1. The number of hydrogen-bond donors (Lipinski definition) is 2. The molecule has 0 aliphatic rings. The van der Waals surface area contributed by atoms with Crippen molar-refractivity contribution in [3.05, 3.63) is 44.2 Å². The van der Waals surface area contributed by atoms with Crippen LogP contribution >= 0.6 is 27.3 Å². The molecule has 1 aromatic carbocycles. The van der Waals surface area contributed by atoms with Gasteiger partial charge in [-0.15, -0.1) is 11.3 Å². The number of aryl methyl sites for hydroxylation is 1. The number of carbonyl (C=O) groups excluding carboxylic acids is 2. The molecule has 7 heteroatoms. The van der Waals surface area contributed by atoms with Crippen LogP contribution in [-0.2, 0) is 6.42 Å². The van der Waals surface area contributed by atoms with E-state index in [1.807, 2.05) is 20.8 Å². The maximum absolute atomic E-state index is 12.7. The number of halogens is 1. The Morgan fingerprint density at radius 1 is 1.33 bits per heavy atom. The van der Waals surface area contributed by atoms with Crippen molar-refractivity contribution >= 4 is 44.1 Å². The van der Waals surface area contributed by atoms with E-state index < -0.39 is 5.91 Å². The number of rotatable bonds is 6. The highest BCUT2D eigenvalue weighted by atomic mass is 79.9. The first-order chi connectivity index (χ1) is 11.4. The summed E-state index contributed by atoms with van der Waals surface area (Å²) in [6.45, 7) is 6.17. The summed E-state index contributed by atoms with van der Waals surface area (Å²) in [7, 11) is 0. The van der Waals surface area contributed by atoms with Gasteiger partial charge in [-0.05, 0) is 44.0 Å². The predicted molar refractivity (Wildman–Crippen MR) is 100 cm³/mol. The van der Waals surface area contributed by atoms with Gasteiger partial charge in [0.1, 0.15) is 10.8 Å². The maximum atomic E-state index is 12.7. The second-order valence-corrected chi connectivity index (χ2v) is 7.23. The molecule has 2 rings (SSSR count). The molecule has 0 aliphatic heterocycles. The number of anilines is 1. The summed E-state index contributed by atoms with van der Waals surface area (Å²) in [5.41, 5.74) is 7.17. The molecule has 5 nitrogen and oxygen atoms in total. The molecule has 1 heterocycles. The smallest absolute Gasteiger partial charge is 0.260 e. The Hall–Kier alpha value is -1.86. The number of nitrogens with two attached hydrogens (primary N) is 1. The molecule has 1 aromatic heterocycles. The van der Waals surface area contributed by atoms with Crippen molar-refractivity contribution < 1.29 is 14.3 Å². The van der Waals surface area contributed by atoms with Crippen molar-refractivity contribution in [2.45, 2.75) is 27.2 Å². The quantitative estimate of drug-likeness (QED) is 0.750. The highest BCUT2D eigenvalue weighted by Gasteiger charge is 2.22. The largest absolute Gasteiger partial charge is 0.493 e. The van der Waals surface area contributed by atoms with E-state index in [0.29, 0.717) is 34.9 Å². The van der Waals surface area contributed by atoms with E-state index >= 15 is 0 Å². The third kappa shape index (κ3) is 3.79. The third-order valence-electron chi connectivity index (χ3n) is 3.52. The van der Waals surface area contributed by atoms with Crippen molar-refractivity contribution in [3.8, 4) is 5.75 Å². The molecule has 24 heavy (non-hydrogen) atoms. The van der Waals surface area contributed by atoms with Gasteiger partial charge in [0, 0.05) is 9.35 Å². The number of hydrogen-bond acceptors (Lipinski definition) is 4. The topological polar surface area (TPSA) is 81.4 Å². The normalized spacial score (nSPS) is 10.5. The molecule has 0 bridgehead atoms. The van der Waals surface area contributed by atoms with Crippen LogP contribution in [0.15, 0.2) is 22.7 Å². The van der Waals surface area contributed by atoms with Gasteiger partial charge in [0.2, 0.25) is 0 Å². The molecule has 0 spiro atoms. The van der Waals surface area contributed by atoms with Gasteiger partial charge in [-0.25, -0.2) is 0 Å². The molecule has 3 N–H and O–H groups in total. The highest BCUT2D eigenvalue weighted by Crippen LogP contribution is 2.34. The van der Waals surface area contributed by atoms with Crippen LogP contribution in [0.2, 0.25) is 0 Å². The van der Waals surface area contributed by atoms with Crippen LogP contribution in [0.4, 0.5) is 5.00 Å². The monoisotopic (exact) mass is 410 g/mol. The fourth-order valence-corrected chi connectivity index (χ4v) is 3.99. The maximum Gasteiger partial charge on any atom is 0.260 e. The number of ether oxygens (including phenoxy) is 1. The lowest BCUT2D eigenvalue weighted by Crippen LogP contribution is -2.18. The lowest BCUT2D eigenvalue weighted by atomic mass is 10.1. The summed E-state index contributed by atoms with van der Waals surface area (Å²) in [5.74, 6) is -0.389. The zero-order valence-electron chi connectivity index (χ0n) is 13.7. The van der Waals surface area contributed by atoms with Gasteiger partial charge in [-0.1, -0.05) is 22.9 Å². The number of primary amides is 1. The third-order valence-corrected chi connectivity index (χ3v) is 5.08. The molecule has 0 atom stereocenters. The average Bonchev–Trinajstić information content (AvgIpc) is 2.84. The lowest BCUT2D eigenvalue weighted by molar-refractivity contribution is 0.100. The van der Waals surface area contributed by atoms with Gasteiger partial charge < -0.3 is 15.8 Å². The number of nitrogens with one attached hydrogen (secondary N) is 1. The van der Waals surface area contributed by atoms with E-state index in [1.165, 1.54) is 11.3 Å². The molecule has 0 radical (unpaired) electrons. The molecular formula is C17H19BrN2O3S. The Morgan fingerprint density at radius 2 is 2.04 bits per heavy atom. The van der Waals surface area contributed by atoms with Gasteiger partial charge in [-0.2, -0.15) is 0 Å². The molecule has 2 aromatic rings. The van der Waals surface area contributed by atoms with Crippen molar-refractivity contribution in [2.24, 2.45) is 5.73 Å². The molecule has 128 valence electrons. The summed E-state index contributed by atoms with van der Waals surface area (Å²) in [6, 6.07) is 5.22. The fraction of sp³-hybridized carbons (Fsp3) is 0.294. The summed E-state index contributed by atoms with van der Waals surface area (Å²) in [6.07, 6.45) is 0.678. The molecule has 0 aliphatic carbocycles. The minimum absolute atomic E-state index is 0.342. The van der Waals surface area contributed by atoms with E-state index in [1.54, 1.807) is 18.2 Å². The van der Waals surface area contributed by atoms with E-state index in [4.69, 9.17) is 10.5 Å². The molecular weight excluding hydrogens is 392 g/mol. The second-order valence-electron chi connectivity index (χ2n) is 5.09. The number of benzene rings is 1. The highest BCUT2D eigenvalue weighted by molar-refractivity contribution is 9.10. The van der Waals surface area contributed by atoms with E-state index in [2.05, 4.69) is 21.2 Å². The molecule has 0 fully saturated rings. The first-order valence-corrected chi connectivity index (χ1v) is 9.15. The first kappa shape index (κ1) is 18.5. The van der Waals surface area contributed by atoms with E-state index in [0.717, 1.165) is 14.9 Å². The van der Waals surface area contributed by atoms with Crippen LogP contribution in [0.5, 0.6) is 5.75 Å². The molecule has 2 amide bonds. The lowest BCUT2D eigenvalue weighted by Gasteiger charge is -2.11. The van der Waals surface area contributed by atoms with Crippen LogP contribution in [0.3, 0.4) is 0 Å². The number of carbonyl (C=O) groups is 2. The first-order valence-electron chi connectivity index (χ1n) is 7.54. The van der Waals surface area contributed by atoms with Crippen LogP contribution in [0, 0.1) is 6.92 Å². The Bertz CT molecular complexity index is 786. The minimum atomic E-state index is -0.536. The zero-order valence-corrected chi connectivity index (χ0v) is 16.1. The van der Waals surface area contributed by atoms with Gasteiger partial charge in [-0.3, -0.25) is 9.59 Å². The Morgan fingerprint density at radius 3 is 2.62 bits per heavy atom.